The largest absolute Gasteiger partial charge is 0.361 e. The van der Waals surface area contributed by atoms with E-state index in [-0.39, 0.29) is 17.2 Å². The van der Waals surface area contributed by atoms with Crippen molar-refractivity contribution in [2.45, 2.75) is 26.7 Å². The standard InChI is InChI=1S/C19H22N2OS/c1-19(2,3)18(22)21-12-15(17-9-6-10-23-17)14-11-20-16-8-5-4-7-13(14)16/h4-11,15,20H,12H2,1-3H3,(H,21,22). The smallest absolute Gasteiger partial charge is 0.225 e. The highest BCUT2D eigenvalue weighted by atomic mass is 32.1. The van der Waals surface area contributed by atoms with Gasteiger partial charge in [-0.3, -0.25) is 4.79 Å². The van der Waals surface area contributed by atoms with Gasteiger partial charge in [0.1, 0.15) is 0 Å². The molecule has 23 heavy (non-hydrogen) atoms. The number of para-hydroxylation sites is 1. The fraction of sp³-hybridized carbons (Fsp3) is 0.316. The summed E-state index contributed by atoms with van der Waals surface area (Å²) in [6.07, 6.45) is 2.07. The molecule has 0 spiro atoms. The molecule has 3 rings (SSSR count). The van der Waals surface area contributed by atoms with Crippen LogP contribution < -0.4 is 5.32 Å². The lowest BCUT2D eigenvalue weighted by Crippen LogP contribution is -2.37. The molecule has 0 fully saturated rings. The molecule has 0 aliphatic carbocycles. The molecule has 0 radical (unpaired) electrons. The van der Waals surface area contributed by atoms with E-state index >= 15 is 0 Å². The summed E-state index contributed by atoms with van der Waals surface area (Å²) in [6.45, 7) is 6.43. The van der Waals surface area contributed by atoms with Crippen molar-refractivity contribution in [1.82, 2.24) is 10.3 Å². The average Bonchev–Trinajstić information content (AvgIpc) is 3.16. The molecule has 0 saturated carbocycles. The third-order valence-electron chi connectivity index (χ3n) is 4.03. The van der Waals surface area contributed by atoms with Crippen LogP contribution in [-0.2, 0) is 4.79 Å². The van der Waals surface area contributed by atoms with E-state index in [4.69, 9.17) is 0 Å². The predicted molar refractivity (Wildman–Crippen MR) is 96.9 cm³/mol. The van der Waals surface area contributed by atoms with Crippen molar-refractivity contribution >= 4 is 28.1 Å². The van der Waals surface area contributed by atoms with E-state index in [1.807, 2.05) is 26.8 Å². The van der Waals surface area contributed by atoms with Crippen molar-refractivity contribution < 1.29 is 4.79 Å². The van der Waals surface area contributed by atoms with Crippen LogP contribution in [0.25, 0.3) is 10.9 Å². The van der Waals surface area contributed by atoms with E-state index in [0.29, 0.717) is 6.54 Å². The zero-order chi connectivity index (χ0) is 16.4. The quantitative estimate of drug-likeness (QED) is 0.727. The zero-order valence-electron chi connectivity index (χ0n) is 13.7. The Balaban J connectivity index is 1.92. The van der Waals surface area contributed by atoms with Gasteiger partial charge in [0.05, 0.1) is 0 Å². The second-order valence-electron chi connectivity index (χ2n) is 6.82. The number of fused-ring (bicyclic) bond motifs is 1. The SMILES string of the molecule is CC(C)(C)C(=O)NCC(c1cccs1)c1c[nH]c2ccccc12. The van der Waals surface area contributed by atoms with Gasteiger partial charge in [-0.15, -0.1) is 11.3 Å². The van der Waals surface area contributed by atoms with Crippen LogP contribution in [-0.4, -0.2) is 17.4 Å². The predicted octanol–water partition coefficient (Wildman–Crippen LogP) is 4.52. The third-order valence-corrected chi connectivity index (χ3v) is 5.02. The summed E-state index contributed by atoms with van der Waals surface area (Å²) in [4.78, 5) is 16.9. The molecule has 2 aromatic heterocycles. The van der Waals surface area contributed by atoms with Crippen molar-refractivity contribution in [1.29, 1.82) is 0 Å². The first-order chi connectivity index (χ1) is 11.0. The van der Waals surface area contributed by atoms with Gasteiger partial charge in [-0.2, -0.15) is 0 Å². The highest BCUT2D eigenvalue weighted by Gasteiger charge is 2.24. The molecule has 0 bridgehead atoms. The van der Waals surface area contributed by atoms with Crippen molar-refractivity contribution in [3.05, 3.63) is 58.4 Å². The summed E-state index contributed by atoms with van der Waals surface area (Å²) in [5.41, 5.74) is 1.99. The number of hydrogen-bond donors (Lipinski definition) is 2. The molecule has 1 unspecified atom stereocenters. The van der Waals surface area contributed by atoms with E-state index in [9.17, 15) is 4.79 Å². The normalized spacial score (nSPS) is 13.2. The van der Waals surface area contributed by atoms with Crippen molar-refractivity contribution in [2.75, 3.05) is 6.54 Å². The third kappa shape index (κ3) is 3.32. The van der Waals surface area contributed by atoms with E-state index in [1.54, 1.807) is 11.3 Å². The molecule has 3 aromatic rings. The molecule has 0 aliphatic heterocycles. The average molecular weight is 326 g/mol. The number of aromatic nitrogens is 1. The van der Waals surface area contributed by atoms with Gasteiger partial charge in [-0.25, -0.2) is 0 Å². The molecule has 3 nitrogen and oxygen atoms in total. The number of hydrogen-bond acceptors (Lipinski definition) is 2. The number of aromatic amines is 1. The number of carbonyl (C=O) groups excluding carboxylic acids is 1. The Labute approximate surface area is 140 Å². The first-order valence-corrected chi connectivity index (χ1v) is 8.72. The number of carbonyl (C=O) groups is 1. The summed E-state index contributed by atoms with van der Waals surface area (Å²) < 4.78 is 0. The van der Waals surface area contributed by atoms with Crippen LogP contribution in [0.1, 0.15) is 37.1 Å². The minimum absolute atomic E-state index is 0.0823. The Morgan fingerprint density at radius 1 is 1.22 bits per heavy atom. The lowest BCUT2D eigenvalue weighted by atomic mass is 9.93. The van der Waals surface area contributed by atoms with Gasteiger partial charge in [0.2, 0.25) is 5.91 Å². The lowest BCUT2D eigenvalue weighted by Gasteiger charge is -2.21. The van der Waals surface area contributed by atoms with Crippen LogP contribution in [0.3, 0.4) is 0 Å². The first kappa shape index (κ1) is 15.8. The number of H-pyrrole nitrogens is 1. The van der Waals surface area contributed by atoms with Gasteiger partial charge in [0, 0.05) is 39.9 Å². The molecule has 2 heterocycles. The minimum Gasteiger partial charge on any atom is -0.361 e. The fourth-order valence-electron chi connectivity index (χ4n) is 2.70. The Bertz CT molecular complexity index is 796. The molecule has 120 valence electrons. The highest BCUT2D eigenvalue weighted by Crippen LogP contribution is 2.33. The van der Waals surface area contributed by atoms with Gasteiger partial charge in [0.25, 0.3) is 0 Å². The molecule has 4 heteroatoms. The molecule has 1 atom stereocenters. The summed E-state index contributed by atoms with van der Waals surface area (Å²) in [7, 11) is 0. The number of nitrogens with one attached hydrogen (secondary N) is 2. The number of thiophene rings is 1. The highest BCUT2D eigenvalue weighted by molar-refractivity contribution is 7.10. The maximum atomic E-state index is 12.3. The summed E-state index contributed by atoms with van der Waals surface area (Å²) in [5, 5.41) is 6.42. The van der Waals surface area contributed by atoms with Crippen LogP contribution in [0, 0.1) is 5.41 Å². The molecule has 0 aliphatic rings. The lowest BCUT2D eigenvalue weighted by molar-refractivity contribution is -0.128. The second-order valence-corrected chi connectivity index (χ2v) is 7.80. The van der Waals surface area contributed by atoms with Gasteiger partial charge < -0.3 is 10.3 Å². The molecular formula is C19H22N2OS. The van der Waals surface area contributed by atoms with E-state index in [0.717, 1.165) is 5.52 Å². The maximum Gasteiger partial charge on any atom is 0.225 e. The zero-order valence-corrected chi connectivity index (χ0v) is 14.5. The number of amides is 1. The first-order valence-electron chi connectivity index (χ1n) is 7.84. The molecule has 0 saturated heterocycles. The van der Waals surface area contributed by atoms with Crippen molar-refractivity contribution in [3.8, 4) is 0 Å². The number of rotatable bonds is 4. The fourth-order valence-corrected chi connectivity index (χ4v) is 3.54. The Hall–Kier alpha value is -2.07. The topological polar surface area (TPSA) is 44.9 Å². The second kappa shape index (κ2) is 6.20. The summed E-state index contributed by atoms with van der Waals surface area (Å²) in [5.74, 6) is 0.247. The van der Waals surface area contributed by atoms with Gasteiger partial charge in [0.15, 0.2) is 0 Å². The van der Waals surface area contributed by atoms with Crippen molar-refractivity contribution in [3.63, 3.8) is 0 Å². The molecule has 1 amide bonds. The van der Waals surface area contributed by atoms with Crippen molar-refractivity contribution in [2.24, 2.45) is 5.41 Å². The molecule has 2 N–H and O–H groups in total. The van der Waals surface area contributed by atoms with Gasteiger partial charge in [-0.05, 0) is 23.1 Å². The number of benzene rings is 1. The van der Waals surface area contributed by atoms with Crippen LogP contribution in [0.2, 0.25) is 0 Å². The molecule has 1 aromatic carbocycles. The Kier molecular flexibility index (Phi) is 4.26. The van der Waals surface area contributed by atoms with E-state index in [2.05, 4.69) is 52.2 Å². The Morgan fingerprint density at radius 3 is 2.70 bits per heavy atom. The maximum absolute atomic E-state index is 12.3. The molecular weight excluding hydrogens is 304 g/mol. The van der Waals surface area contributed by atoms with Crippen LogP contribution >= 0.6 is 11.3 Å². The van der Waals surface area contributed by atoms with Crippen LogP contribution in [0.15, 0.2) is 48.0 Å². The van der Waals surface area contributed by atoms with Crippen LogP contribution in [0.5, 0.6) is 0 Å². The minimum atomic E-state index is -0.375. The monoisotopic (exact) mass is 326 g/mol. The van der Waals surface area contributed by atoms with Gasteiger partial charge in [-0.1, -0.05) is 45.0 Å². The van der Waals surface area contributed by atoms with Crippen LogP contribution in [0.4, 0.5) is 0 Å². The summed E-state index contributed by atoms with van der Waals surface area (Å²) in [6, 6.07) is 12.5. The Morgan fingerprint density at radius 2 is 2.00 bits per heavy atom. The van der Waals surface area contributed by atoms with E-state index < -0.39 is 0 Å². The van der Waals surface area contributed by atoms with Gasteiger partial charge >= 0.3 is 0 Å². The van der Waals surface area contributed by atoms with E-state index in [1.165, 1.54) is 15.8 Å². The summed E-state index contributed by atoms with van der Waals surface area (Å²) >= 11 is 1.73.